The Kier molecular flexibility index (Phi) is 4.84. The highest BCUT2D eigenvalue weighted by Gasteiger charge is 2.18. The third kappa shape index (κ3) is 3.04. The average Bonchev–Trinajstić information content (AvgIpc) is 2.76. The summed E-state index contributed by atoms with van der Waals surface area (Å²) in [6.07, 6.45) is 0.736. The van der Waals surface area contributed by atoms with E-state index in [-0.39, 0.29) is 12.5 Å². The second-order valence-corrected chi connectivity index (χ2v) is 4.73. The Balaban J connectivity index is 2.45. The van der Waals surface area contributed by atoms with E-state index in [1.807, 2.05) is 41.8 Å². The third-order valence-corrected chi connectivity index (χ3v) is 3.30. The van der Waals surface area contributed by atoms with Crippen LogP contribution >= 0.6 is 12.6 Å². The van der Waals surface area contributed by atoms with Crippen LogP contribution in [0.3, 0.4) is 0 Å². The van der Waals surface area contributed by atoms with E-state index in [1.165, 1.54) is 0 Å². The number of imidazole rings is 1. The summed E-state index contributed by atoms with van der Waals surface area (Å²) in [6, 6.07) is 9.83. The molecular formula is C15H18N2O2S. The Morgan fingerprint density at radius 2 is 2.00 bits per heavy atom. The van der Waals surface area contributed by atoms with Crippen LogP contribution in [0.4, 0.5) is 0 Å². The fourth-order valence-electron chi connectivity index (χ4n) is 2.14. The Bertz CT molecular complexity index is 593. The predicted octanol–water partition coefficient (Wildman–Crippen LogP) is 2.96. The number of hydrogen-bond donors (Lipinski definition) is 1. The SMILES string of the molecule is CCOC(=O)Cn1c(CC)nc(S)c1-c1ccccc1. The molecule has 4 nitrogen and oxygen atoms in total. The van der Waals surface area contributed by atoms with Gasteiger partial charge < -0.3 is 9.30 Å². The minimum Gasteiger partial charge on any atom is -0.465 e. The molecular weight excluding hydrogens is 272 g/mol. The first kappa shape index (κ1) is 14.7. The largest absolute Gasteiger partial charge is 0.465 e. The Hall–Kier alpha value is -1.75. The fraction of sp³-hybridized carbons (Fsp3) is 0.333. The van der Waals surface area contributed by atoms with Crippen LogP contribution in [0.25, 0.3) is 11.3 Å². The van der Waals surface area contributed by atoms with Crippen LogP contribution in [-0.2, 0) is 22.5 Å². The third-order valence-electron chi connectivity index (χ3n) is 2.98. The minimum absolute atomic E-state index is 0.162. The summed E-state index contributed by atoms with van der Waals surface area (Å²) < 4.78 is 6.92. The van der Waals surface area contributed by atoms with Gasteiger partial charge in [-0.25, -0.2) is 4.98 Å². The summed E-state index contributed by atoms with van der Waals surface area (Å²) in [5.41, 5.74) is 1.85. The van der Waals surface area contributed by atoms with Gasteiger partial charge in [-0.1, -0.05) is 37.3 Å². The van der Waals surface area contributed by atoms with E-state index in [9.17, 15) is 4.79 Å². The number of aromatic nitrogens is 2. The summed E-state index contributed by atoms with van der Waals surface area (Å²) in [6.45, 7) is 4.35. The highest BCUT2D eigenvalue weighted by atomic mass is 32.1. The lowest BCUT2D eigenvalue weighted by Gasteiger charge is -2.11. The van der Waals surface area contributed by atoms with E-state index < -0.39 is 0 Å². The quantitative estimate of drug-likeness (QED) is 0.680. The summed E-state index contributed by atoms with van der Waals surface area (Å²) in [4.78, 5) is 16.2. The van der Waals surface area contributed by atoms with Crippen molar-refractivity contribution in [2.45, 2.75) is 31.8 Å². The van der Waals surface area contributed by atoms with E-state index in [1.54, 1.807) is 6.92 Å². The molecule has 0 radical (unpaired) electrons. The number of aryl methyl sites for hydroxylation is 1. The molecule has 0 saturated heterocycles. The molecule has 0 amide bonds. The lowest BCUT2D eigenvalue weighted by molar-refractivity contribution is -0.143. The summed E-state index contributed by atoms with van der Waals surface area (Å²) in [5, 5.41) is 0.636. The van der Waals surface area contributed by atoms with Crippen molar-refractivity contribution < 1.29 is 9.53 Å². The number of hydrogen-bond acceptors (Lipinski definition) is 4. The van der Waals surface area contributed by atoms with E-state index in [2.05, 4.69) is 17.6 Å². The number of esters is 1. The molecule has 0 atom stereocenters. The highest BCUT2D eigenvalue weighted by molar-refractivity contribution is 7.80. The maximum Gasteiger partial charge on any atom is 0.326 e. The molecule has 5 heteroatoms. The molecule has 106 valence electrons. The normalized spacial score (nSPS) is 10.6. The highest BCUT2D eigenvalue weighted by Crippen LogP contribution is 2.28. The van der Waals surface area contributed by atoms with Crippen molar-refractivity contribution in [2.24, 2.45) is 0 Å². The van der Waals surface area contributed by atoms with Gasteiger partial charge in [-0.2, -0.15) is 0 Å². The van der Waals surface area contributed by atoms with Crippen molar-refractivity contribution in [3.8, 4) is 11.3 Å². The Morgan fingerprint density at radius 3 is 2.60 bits per heavy atom. The van der Waals surface area contributed by atoms with E-state index >= 15 is 0 Å². The molecule has 0 unspecified atom stereocenters. The zero-order chi connectivity index (χ0) is 14.5. The molecule has 1 aromatic heterocycles. The molecule has 0 bridgehead atoms. The lowest BCUT2D eigenvalue weighted by atomic mass is 10.1. The average molecular weight is 290 g/mol. The van der Waals surface area contributed by atoms with Crippen LogP contribution in [0.1, 0.15) is 19.7 Å². The molecule has 0 N–H and O–H groups in total. The monoisotopic (exact) mass is 290 g/mol. The van der Waals surface area contributed by atoms with E-state index in [4.69, 9.17) is 4.74 Å². The van der Waals surface area contributed by atoms with Gasteiger partial charge in [0.1, 0.15) is 17.4 Å². The molecule has 0 aliphatic carbocycles. The van der Waals surface area contributed by atoms with Crippen LogP contribution in [0.15, 0.2) is 35.4 Å². The molecule has 0 aliphatic rings. The number of thiol groups is 1. The molecule has 0 spiro atoms. The van der Waals surface area contributed by atoms with Gasteiger partial charge in [0.05, 0.1) is 12.3 Å². The van der Waals surface area contributed by atoms with Crippen LogP contribution in [0.2, 0.25) is 0 Å². The standard InChI is InChI=1S/C15H18N2O2S/c1-3-12-16-15(20)14(11-8-6-5-7-9-11)17(12)10-13(18)19-4-2/h5-9,20H,3-4,10H2,1-2H3. The van der Waals surface area contributed by atoms with Crippen LogP contribution in [-0.4, -0.2) is 22.1 Å². The Labute approximate surface area is 124 Å². The first-order valence-corrected chi connectivity index (χ1v) is 7.11. The number of rotatable bonds is 5. The summed E-state index contributed by atoms with van der Waals surface area (Å²) in [7, 11) is 0. The van der Waals surface area contributed by atoms with Crippen molar-refractivity contribution in [1.29, 1.82) is 0 Å². The first-order valence-electron chi connectivity index (χ1n) is 6.66. The van der Waals surface area contributed by atoms with Gasteiger partial charge in [-0.3, -0.25) is 4.79 Å². The van der Waals surface area contributed by atoms with Gasteiger partial charge in [-0.15, -0.1) is 12.6 Å². The molecule has 0 saturated carbocycles. The molecule has 1 heterocycles. The van der Waals surface area contributed by atoms with Crippen molar-refractivity contribution >= 4 is 18.6 Å². The van der Waals surface area contributed by atoms with Gasteiger partial charge in [0.15, 0.2) is 0 Å². The minimum atomic E-state index is -0.259. The van der Waals surface area contributed by atoms with Crippen molar-refractivity contribution in [1.82, 2.24) is 9.55 Å². The van der Waals surface area contributed by atoms with Gasteiger partial charge in [0.25, 0.3) is 0 Å². The van der Waals surface area contributed by atoms with E-state index in [0.717, 1.165) is 23.5 Å². The Morgan fingerprint density at radius 1 is 1.30 bits per heavy atom. The first-order chi connectivity index (χ1) is 9.67. The molecule has 1 aromatic carbocycles. The fourth-order valence-corrected chi connectivity index (χ4v) is 2.51. The number of ether oxygens (including phenoxy) is 1. The lowest BCUT2D eigenvalue weighted by Crippen LogP contribution is -2.16. The summed E-state index contributed by atoms with van der Waals surface area (Å²) >= 11 is 4.44. The van der Waals surface area contributed by atoms with E-state index in [0.29, 0.717) is 11.6 Å². The summed E-state index contributed by atoms with van der Waals surface area (Å²) in [5.74, 6) is 0.576. The molecule has 0 fully saturated rings. The van der Waals surface area contributed by atoms with Gasteiger partial charge in [-0.05, 0) is 6.92 Å². The molecule has 2 rings (SSSR count). The maximum atomic E-state index is 11.8. The van der Waals surface area contributed by atoms with Gasteiger partial charge >= 0.3 is 5.97 Å². The number of carbonyl (C=O) groups excluding carboxylic acids is 1. The molecule has 2 aromatic rings. The second kappa shape index (κ2) is 6.61. The maximum absolute atomic E-state index is 11.8. The van der Waals surface area contributed by atoms with Crippen LogP contribution in [0.5, 0.6) is 0 Å². The molecule has 20 heavy (non-hydrogen) atoms. The molecule has 0 aliphatic heterocycles. The zero-order valence-electron chi connectivity index (χ0n) is 11.7. The number of nitrogens with zero attached hydrogens (tertiary/aromatic N) is 2. The van der Waals surface area contributed by atoms with Gasteiger partial charge in [0.2, 0.25) is 0 Å². The smallest absolute Gasteiger partial charge is 0.326 e. The zero-order valence-corrected chi connectivity index (χ0v) is 12.6. The van der Waals surface area contributed by atoms with Gasteiger partial charge in [0, 0.05) is 12.0 Å². The number of benzene rings is 1. The topological polar surface area (TPSA) is 44.1 Å². The number of carbonyl (C=O) groups is 1. The van der Waals surface area contributed by atoms with Crippen molar-refractivity contribution in [3.05, 3.63) is 36.2 Å². The van der Waals surface area contributed by atoms with Crippen LogP contribution in [0, 0.1) is 0 Å². The predicted molar refractivity (Wildman–Crippen MR) is 80.9 cm³/mol. The van der Waals surface area contributed by atoms with Crippen molar-refractivity contribution in [3.63, 3.8) is 0 Å². The van der Waals surface area contributed by atoms with Crippen molar-refractivity contribution in [2.75, 3.05) is 6.61 Å². The second-order valence-electron chi connectivity index (χ2n) is 4.31. The van der Waals surface area contributed by atoms with Crippen LogP contribution < -0.4 is 0 Å².